The Morgan fingerprint density at radius 1 is 1.24 bits per heavy atom. The first-order chi connectivity index (χ1) is 8.20. The molecule has 2 N–H and O–H groups in total. The van der Waals surface area contributed by atoms with Crippen molar-refractivity contribution in [2.45, 2.75) is 45.8 Å². The summed E-state index contributed by atoms with van der Waals surface area (Å²) in [5.41, 5.74) is 0. The lowest BCUT2D eigenvalue weighted by Crippen LogP contribution is -2.29. The lowest BCUT2D eigenvalue weighted by Gasteiger charge is -2.11. The number of hydrogen-bond donors (Lipinski definition) is 2. The molecular formula is C12H25NO4. The lowest BCUT2D eigenvalue weighted by atomic mass is 10.2. The van der Waals surface area contributed by atoms with Gasteiger partial charge in [-0.1, -0.05) is 6.42 Å². The van der Waals surface area contributed by atoms with E-state index in [1.54, 1.807) is 0 Å². The molecule has 17 heavy (non-hydrogen) atoms. The number of rotatable bonds is 11. The lowest BCUT2D eigenvalue weighted by molar-refractivity contribution is -0.143. The van der Waals surface area contributed by atoms with Gasteiger partial charge in [-0.3, -0.25) is 4.79 Å². The zero-order chi connectivity index (χ0) is 12.9. The third-order valence-electron chi connectivity index (χ3n) is 2.22. The Labute approximate surface area is 103 Å². The fourth-order valence-electron chi connectivity index (χ4n) is 1.41. The van der Waals surface area contributed by atoms with Crippen LogP contribution in [0.2, 0.25) is 0 Å². The standard InChI is InChI=1S/C12H25NO4/c1-3-16-11(14)8-6-5-7-9-13-10-12(15)17-4-2/h12-13,15H,3-10H2,1-2H3. The third-order valence-corrected chi connectivity index (χ3v) is 2.22. The van der Waals surface area contributed by atoms with E-state index in [9.17, 15) is 9.90 Å². The van der Waals surface area contributed by atoms with Crippen molar-refractivity contribution in [1.29, 1.82) is 0 Å². The highest BCUT2D eigenvalue weighted by molar-refractivity contribution is 5.69. The first-order valence-electron chi connectivity index (χ1n) is 6.36. The van der Waals surface area contributed by atoms with Crippen molar-refractivity contribution >= 4 is 5.97 Å². The molecule has 0 amide bonds. The number of carbonyl (C=O) groups is 1. The van der Waals surface area contributed by atoms with Gasteiger partial charge in [0.1, 0.15) is 0 Å². The molecule has 0 aliphatic carbocycles. The Kier molecular flexibility index (Phi) is 11.4. The van der Waals surface area contributed by atoms with E-state index in [0.717, 1.165) is 25.8 Å². The zero-order valence-electron chi connectivity index (χ0n) is 10.9. The number of aliphatic hydroxyl groups excluding tert-OH is 1. The second-order valence-electron chi connectivity index (χ2n) is 3.73. The molecule has 0 aromatic carbocycles. The minimum absolute atomic E-state index is 0.118. The summed E-state index contributed by atoms with van der Waals surface area (Å²) in [7, 11) is 0. The van der Waals surface area contributed by atoms with E-state index in [1.165, 1.54) is 0 Å². The van der Waals surface area contributed by atoms with Crippen LogP contribution in [0, 0.1) is 0 Å². The van der Waals surface area contributed by atoms with Crippen molar-refractivity contribution in [2.75, 3.05) is 26.3 Å². The van der Waals surface area contributed by atoms with Crippen LogP contribution in [-0.2, 0) is 14.3 Å². The van der Waals surface area contributed by atoms with Crippen LogP contribution in [0.1, 0.15) is 39.5 Å². The van der Waals surface area contributed by atoms with Crippen LogP contribution in [0.25, 0.3) is 0 Å². The highest BCUT2D eigenvalue weighted by Gasteiger charge is 2.02. The number of hydrogen-bond acceptors (Lipinski definition) is 5. The smallest absolute Gasteiger partial charge is 0.305 e. The van der Waals surface area contributed by atoms with E-state index in [4.69, 9.17) is 9.47 Å². The average molecular weight is 247 g/mol. The largest absolute Gasteiger partial charge is 0.466 e. The molecule has 0 aliphatic rings. The summed E-state index contributed by atoms with van der Waals surface area (Å²) >= 11 is 0. The molecule has 5 heteroatoms. The molecule has 0 radical (unpaired) electrons. The summed E-state index contributed by atoms with van der Waals surface area (Å²) < 4.78 is 9.78. The van der Waals surface area contributed by atoms with E-state index in [0.29, 0.717) is 26.2 Å². The van der Waals surface area contributed by atoms with Crippen molar-refractivity contribution in [3.8, 4) is 0 Å². The first kappa shape index (κ1) is 16.4. The van der Waals surface area contributed by atoms with Crippen molar-refractivity contribution in [1.82, 2.24) is 5.32 Å². The predicted molar refractivity (Wildman–Crippen MR) is 65.6 cm³/mol. The molecule has 0 saturated heterocycles. The van der Waals surface area contributed by atoms with Gasteiger partial charge < -0.3 is 19.9 Å². The number of aliphatic hydroxyl groups is 1. The maximum absolute atomic E-state index is 11.0. The quantitative estimate of drug-likeness (QED) is 0.324. The summed E-state index contributed by atoms with van der Waals surface area (Å²) in [6, 6.07) is 0. The molecule has 0 aliphatic heterocycles. The van der Waals surface area contributed by atoms with Gasteiger partial charge in [0.2, 0.25) is 0 Å². The summed E-state index contributed by atoms with van der Waals surface area (Å²) in [6.07, 6.45) is 2.60. The monoisotopic (exact) mass is 247 g/mol. The van der Waals surface area contributed by atoms with E-state index < -0.39 is 6.29 Å². The Morgan fingerprint density at radius 3 is 2.65 bits per heavy atom. The Morgan fingerprint density at radius 2 is 2.00 bits per heavy atom. The second kappa shape index (κ2) is 11.8. The van der Waals surface area contributed by atoms with Gasteiger partial charge in [0.05, 0.1) is 6.61 Å². The molecular weight excluding hydrogens is 222 g/mol. The van der Waals surface area contributed by atoms with Gasteiger partial charge in [-0.05, 0) is 33.2 Å². The van der Waals surface area contributed by atoms with Crippen molar-refractivity contribution in [3.63, 3.8) is 0 Å². The van der Waals surface area contributed by atoms with Gasteiger partial charge in [0.15, 0.2) is 6.29 Å². The van der Waals surface area contributed by atoms with E-state index in [2.05, 4.69) is 5.32 Å². The molecule has 1 unspecified atom stereocenters. The van der Waals surface area contributed by atoms with Crippen LogP contribution in [0.3, 0.4) is 0 Å². The minimum Gasteiger partial charge on any atom is -0.466 e. The third kappa shape index (κ3) is 11.6. The summed E-state index contributed by atoms with van der Waals surface area (Å²) in [5, 5.41) is 12.3. The molecule has 5 nitrogen and oxygen atoms in total. The zero-order valence-corrected chi connectivity index (χ0v) is 10.9. The van der Waals surface area contributed by atoms with Crippen LogP contribution >= 0.6 is 0 Å². The Balaban J connectivity index is 3.16. The van der Waals surface area contributed by atoms with Gasteiger partial charge in [-0.15, -0.1) is 0 Å². The molecule has 0 heterocycles. The van der Waals surface area contributed by atoms with Crippen LogP contribution in [0.4, 0.5) is 0 Å². The van der Waals surface area contributed by atoms with Gasteiger partial charge in [0.25, 0.3) is 0 Å². The second-order valence-corrected chi connectivity index (χ2v) is 3.73. The summed E-state index contributed by atoms with van der Waals surface area (Å²) in [4.78, 5) is 11.0. The summed E-state index contributed by atoms with van der Waals surface area (Å²) in [6.45, 7) is 5.90. The highest BCUT2D eigenvalue weighted by atomic mass is 16.6. The van der Waals surface area contributed by atoms with Gasteiger partial charge in [-0.25, -0.2) is 0 Å². The molecule has 0 rings (SSSR count). The fourth-order valence-corrected chi connectivity index (χ4v) is 1.41. The topological polar surface area (TPSA) is 67.8 Å². The van der Waals surface area contributed by atoms with Crippen LogP contribution in [0.15, 0.2) is 0 Å². The molecule has 0 saturated carbocycles. The fraction of sp³-hybridized carbons (Fsp3) is 0.917. The van der Waals surface area contributed by atoms with Crippen molar-refractivity contribution in [2.24, 2.45) is 0 Å². The van der Waals surface area contributed by atoms with Crippen molar-refractivity contribution < 1.29 is 19.4 Å². The van der Waals surface area contributed by atoms with E-state index in [1.807, 2.05) is 13.8 Å². The molecule has 102 valence electrons. The minimum atomic E-state index is -0.723. The predicted octanol–water partition coefficient (Wildman–Crippen LogP) is 1.05. The summed E-state index contributed by atoms with van der Waals surface area (Å²) in [5.74, 6) is -0.118. The molecule has 0 aromatic heterocycles. The number of carbonyl (C=O) groups excluding carboxylic acids is 1. The van der Waals surface area contributed by atoms with Gasteiger partial charge in [0, 0.05) is 19.6 Å². The number of ether oxygens (including phenoxy) is 2. The van der Waals surface area contributed by atoms with E-state index >= 15 is 0 Å². The molecule has 0 spiro atoms. The van der Waals surface area contributed by atoms with Crippen LogP contribution in [-0.4, -0.2) is 43.7 Å². The SMILES string of the molecule is CCOC(=O)CCCCCNCC(O)OCC. The molecule has 1 atom stereocenters. The molecule has 0 aromatic rings. The first-order valence-corrected chi connectivity index (χ1v) is 6.36. The van der Waals surface area contributed by atoms with Gasteiger partial charge >= 0.3 is 5.97 Å². The van der Waals surface area contributed by atoms with Gasteiger partial charge in [-0.2, -0.15) is 0 Å². The average Bonchev–Trinajstić information content (AvgIpc) is 2.28. The molecule has 0 fully saturated rings. The molecule has 0 bridgehead atoms. The van der Waals surface area contributed by atoms with Crippen LogP contribution < -0.4 is 5.32 Å². The Bertz CT molecular complexity index is 187. The normalized spacial score (nSPS) is 12.4. The number of esters is 1. The van der Waals surface area contributed by atoms with Crippen molar-refractivity contribution in [3.05, 3.63) is 0 Å². The maximum atomic E-state index is 11.0. The Hall–Kier alpha value is -0.650. The van der Waals surface area contributed by atoms with Crippen LogP contribution in [0.5, 0.6) is 0 Å². The highest BCUT2D eigenvalue weighted by Crippen LogP contribution is 2.00. The van der Waals surface area contributed by atoms with E-state index in [-0.39, 0.29) is 5.97 Å². The number of nitrogens with one attached hydrogen (secondary N) is 1. The maximum Gasteiger partial charge on any atom is 0.305 e. The number of unbranched alkanes of at least 4 members (excludes halogenated alkanes) is 2.